The van der Waals surface area contributed by atoms with E-state index < -0.39 is 0 Å². The van der Waals surface area contributed by atoms with E-state index in [1.54, 1.807) is 36.4 Å². The number of nitriles is 1. The number of fused-ring (bicyclic) bond motifs is 4. The number of rotatable bonds is 20. The number of nitrogens with one attached hydrogen (secondary N) is 4. The molecular formula is C101H104ClF2N21O4. The summed E-state index contributed by atoms with van der Waals surface area (Å²) in [6.07, 6.45) is 36.4. The van der Waals surface area contributed by atoms with E-state index in [0.717, 1.165) is 260 Å². The first-order valence-corrected chi connectivity index (χ1v) is 45.2. The minimum atomic E-state index is -0.297. The van der Waals surface area contributed by atoms with E-state index in [4.69, 9.17) is 16.9 Å². The highest BCUT2D eigenvalue weighted by Gasteiger charge is 2.28. The normalized spacial score (nSPS) is 16.8. The lowest BCUT2D eigenvalue weighted by Crippen LogP contribution is -2.33. The third kappa shape index (κ3) is 22.3. The molecule has 4 aliphatic rings. The van der Waals surface area contributed by atoms with Crippen LogP contribution in [0.5, 0.6) is 0 Å². The van der Waals surface area contributed by atoms with Crippen molar-refractivity contribution in [2.24, 2.45) is 23.7 Å². The smallest absolute Gasteiger partial charge is 0.253 e. The van der Waals surface area contributed by atoms with Crippen LogP contribution in [0.4, 0.5) is 8.78 Å². The first-order valence-electron chi connectivity index (χ1n) is 44.8. The van der Waals surface area contributed by atoms with Gasteiger partial charge in [-0.3, -0.25) is 58.3 Å². The molecule has 4 atom stereocenters. The van der Waals surface area contributed by atoms with Crippen LogP contribution in [0.15, 0.2) is 244 Å². The van der Waals surface area contributed by atoms with Gasteiger partial charge in [0.2, 0.25) is 17.7 Å². The highest BCUT2D eigenvalue weighted by atomic mass is 35.5. The Morgan fingerprint density at radius 1 is 0.364 bits per heavy atom. The van der Waals surface area contributed by atoms with Crippen LogP contribution in [-0.2, 0) is 59.8 Å². The molecule has 0 bridgehead atoms. The fraction of sp³-hybridized carbons (Fsp3) is 0.317. The Morgan fingerprint density at radius 2 is 0.705 bits per heavy atom. The van der Waals surface area contributed by atoms with Gasteiger partial charge in [-0.05, 0) is 255 Å². The van der Waals surface area contributed by atoms with E-state index in [2.05, 4.69) is 159 Å². The van der Waals surface area contributed by atoms with E-state index in [9.17, 15) is 28.0 Å². The standard InChI is InChI=1S/C26H28FN5O.C25H26ClN5O.C25H26FN5O.C25H24N6O/c27-24-5-1-3-19(13-24)6-9-26(33)31-11-2-4-20(10-12-31)18-32-25-8-7-21(14-22(25)17-30-32)23-15-28-29-16-23;2*26-23-5-1-3-19(11-23)12-25(32)30-9-2-4-18(8-10-30)17-31-24-7-6-20(13-21(24)16-29-31)22-14-27-28-15-22;26-13-18-3-5-20(6-4-18)25(32)30-10-1-2-19(9-11-30)17-31-24-8-7-21(12-22(24)16-29-31)23-14-27-28-15-23/h1,3,5,7-8,13-17,20H,2,4,6,9-12,18H2,(H,28,29);2*1,3,5-7,11,13-16,18H,2,4,8-10,12,17H2,(H,27,28);3-8,12,14-16,19H,1-2,9-11,17H2,(H,27,28). The molecule has 658 valence electrons. The molecular weight excluding hydrogens is 1640 g/mol. The summed E-state index contributed by atoms with van der Waals surface area (Å²) in [7, 11) is 0. The molecule has 28 heteroatoms. The molecule has 0 aliphatic carbocycles. The van der Waals surface area contributed by atoms with Gasteiger partial charge in [-0.1, -0.05) is 72.3 Å². The van der Waals surface area contributed by atoms with E-state index in [1.807, 2.05) is 130 Å². The SMILES string of the molecule is N#Cc1ccc(C(=O)N2CCCC(Cn3ncc4cc(-c5cn[nH]c5)ccc43)CC2)cc1.O=C(CCc1cccc(F)c1)N1CCCC(Cn2ncc3cc(-c4cn[nH]c4)ccc32)CC1.O=C(Cc1cccc(Cl)c1)N1CCCC(Cn2ncc3cc(-c4cn[nH]c4)ccc32)CC1.O=C(Cc1cccc(F)c1)N1CCCC(Cn2ncc3cc(-c4cn[nH]c4)ccc32)CC1. The summed E-state index contributed by atoms with van der Waals surface area (Å²) in [5.74, 6) is 1.87. The van der Waals surface area contributed by atoms with Crippen molar-refractivity contribution in [3.63, 3.8) is 0 Å². The molecule has 12 heterocycles. The highest BCUT2D eigenvalue weighted by molar-refractivity contribution is 6.30. The van der Waals surface area contributed by atoms with Crippen LogP contribution in [0.2, 0.25) is 5.02 Å². The fourth-order valence-electron chi connectivity index (χ4n) is 18.4. The predicted octanol–water partition coefficient (Wildman–Crippen LogP) is 18.5. The van der Waals surface area contributed by atoms with Crippen molar-refractivity contribution in [3.8, 4) is 50.6 Å². The molecule has 0 radical (unpaired) electrons. The first kappa shape index (κ1) is 87.1. The van der Waals surface area contributed by atoms with Gasteiger partial charge in [0.05, 0.1) is 96.1 Å². The quantitative estimate of drug-likeness (QED) is 0.0553. The largest absolute Gasteiger partial charge is 0.343 e. The Labute approximate surface area is 751 Å². The lowest BCUT2D eigenvalue weighted by molar-refractivity contribution is -0.131. The minimum Gasteiger partial charge on any atom is -0.343 e. The highest BCUT2D eigenvalue weighted by Crippen LogP contribution is 2.33. The zero-order valence-corrected chi connectivity index (χ0v) is 72.8. The van der Waals surface area contributed by atoms with Gasteiger partial charge in [-0.2, -0.15) is 46.1 Å². The summed E-state index contributed by atoms with van der Waals surface area (Å²) >= 11 is 6.07. The zero-order chi connectivity index (χ0) is 88.4. The molecule has 25 nitrogen and oxygen atoms in total. The molecule has 16 aromatic rings. The number of hydrogen-bond donors (Lipinski definition) is 4. The topological polar surface area (TPSA) is 291 Å². The van der Waals surface area contributed by atoms with Crippen molar-refractivity contribution >= 4 is 78.8 Å². The Balaban J connectivity index is 0.000000121. The summed E-state index contributed by atoms with van der Waals surface area (Å²) in [6.45, 7) is 9.65. The Morgan fingerprint density at radius 3 is 1.06 bits per heavy atom. The first-order chi connectivity index (χ1) is 63.2. The molecule has 4 fully saturated rings. The van der Waals surface area contributed by atoms with Crippen molar-refractivity contribution in [2.75, 3.05) is 52.4 Å². The van der Waals surface area contributed by atoms with Crippen LogP contribution in [0, 0.1) is 46.6 Å². The van der Waals surface area contributed by atoms with Crippen molar-refractivity contribution < 1.29 is 28.0 Å². The van der Waals surface area contributed by atoms with Crippen molar-refractivity contribution in [1.82, 2.24) is 99.5 Å². The summed E-state index contributed by atoms with van der Waals surface area (Å²) in [4.78, 5) is 59.1. The number of aromatic nitrogens is 16. The van der Waals surface area contributed by atoms with E-state index in [-0.39, 0.29) is 41.7 Å². The van der Waals surface area contributed by atoms with Crippen molar-refractivity contribution in [1.29, 1.82) is 5.26 Å². The molecule has 8 aromatic heterocycles. The van der Waals surface area contributed by atoms with Crippen LogP contribution in [-0.4, -0.2) is 175 Å². The number of likely N-dealkylation sites (tertiary alicyclic amines) is 4. The number of amides is 4. The molecule has 4 saturated heterocycles. The number of aryl methyl sites for hydroxylation is 1. The van der Waals surface area contributed by atoms with Gasteiger partial charge >= 0.3 is 0 Å². The van der Waals surface area contributed by atoms with Crippen LogP contribution in [0.3, 0.4) is 0 Å². The minimum absolute atomic E-state index is 0.0476. The molecule has 4 N–H and O–H groups in total. The fourth-order valence-corrected chi connectivity index (χ4v) is 18.7. The number of nitrogens with zero attached hydrogens (tertiary/aromatic N) is 17. The lowest BCUT2D eigenvalue weighted by Gasteiger charge is -2.21. The molecule has 8 aromatic carbocycles. The maximum atomic E-state index is 13.4. The number of aromatic amines is 4. The second-order valence-electron chi connectivity index (χ2n) is 34.4. The molecule has 20 rings (SSSR count). The zero-order valence-electron chi connectivity index (χ0n) is 72.1. The number of H-pyrrole nitrogens is 4. The van der Waals surface area contributed by atoms with E-state index >= 15 is 0 Å². The monoisotopic (exact) mass is 1750 g/mol. The third-order valence-electron chi connectivity index (χ3n) is 25.6. The number of carbonyl (C=O) groups is 4. The summed E-state index contributed by atoms with van der Waals surface area (Å²) in [5.41, 5.74) is 17.1. The molecule has 4 unspecified atom stereocenters. The summed E-state index contributed by atoms with van der Waals surface area (Å²) in [5, 5.41) is 60.3. The van der Waals surface area contributed by atoms with Crippen LogP contribution in [0.25, 0.3) is 88.1 Å². The molecule has 0 spiro atoms. The van der Waals surface area contributed by atoms with Gasteiger partial charge in [0, 0.05) is 164 Å². The number of carbonyl (C=O) groups excluding carboxylic acids is 4. The lowest BCUT2D eigenvalue weighted by atomic mass is 10.0. The van der Waals surface area contributed by atoms with Gasteiger partial charge in [0.25, 0.3) is 5.91 Å². The molecule has 129 heavy (non-hydrogen) atoms. The van der Waals surface area contributed by atoms with Gasteiger partial charge in [0.1, 0.15) is 11.6 Å². The van der Waals surface area contributed by atoms with Crippen LogP contribution < -0.4 is 0 Å². The van der Waals surface area contributed by atoms with Gasteiger partial charge in [0.15, 0.2) is 0 Å². The Kier molecular flexibility index (Phi) is 28.1. The van der Waals surface area contributed by atoms with Crippen LogP contribution >= 0.6 is 11.6 Å². The second-order valence-corrected chi connectivity index (χ2v) is 34.8. The third-order valence-corrected chi connectivity index (χ3v) is 25.9. The van der Waals surface area contributed by atoms with E-state index in [1.165, 1.54) is 24.3 Å². The van der Waals surface area contributed by atoms with Crippen molar-refractivity contribution in [2.45, 2.75) is 129 Å². The van der Waals surface area contributed by atoms with Crippen molar-refractivity contribution in [3.05, 3.63) is 289 Å². The molecule has 4 aliphatic heterocycles. The number of halogens is 3. The maximum absolute atomic E-state index is 13.4. The average molecular weight is 1750 g/mol. The maximum Gasteiger partial charge on any atom is 0.253 e. The van der Waals surface area contributed by atoms with Gasteiger partial charge in [-0.25, -0.2) is 8.78 Å². The Bertz CT molecular complexity index is 6300. The summed E-state index contributed by atoms with van der Waals surface area (Å²) < 4.78 is 35.2. The van der Waals surface area contributed by atoms with Gasteiger partial charge in [-0.15, -0.1) is 0 Å². The second kappa shape index (κ2) is 41.6. The number of hydrogen-bond acceptors (Lipinski definition) is 13. The average Bonchev–Trinajstić information content (AvgIpc) is 1.67. The molecule has 0 saturated carbocycles. The van der Waals surface area contributed by atoms with Gasteiger partial charge < -0.3 is 19.6 Å². The number of benzene rings is 8. The van der Waals surface area contributed by atoms with E-state index in [0.29, 0.717) is 59.1 Å². The summed E-state index contributed by atoms with van der Waals surface area (Å²) in [6, 6.07) is 55.0. The predicted molar refractivity (Wildman–Crippen MR) is 495 cm³/mol. The van der Waals surface area contributed by atoms with Crippen LogP contribution in [0.1, 0.15) is 116 Å². The molecule has 4 amide bonds. The Hall–Kier alpha value is -14.0.